The molecule has 9 rings (SSSR count). The Bertz CT molecular complexity index is 2190. The zero-order valence-electron chi connectivity index (χ0n) is 21.6. The third kappa shape index (κ3) is 2.74. The predicted octanol–water partition coefficient (Wildman–Crippen LogP) is 9.16. The quantitative estimate of drug-likeness (QED) is 0.217. The maximum Gasteiger partial charge on any atom is 0.235 e. The average Bonchev–Trinajstić information content (AvgIpc) is 3.41. The largest absolute Gasteiger partial charge is 0.278 e. The number of fused-ring (bicyclic) bond motifs is 8. The molecule has 39 heavy (non-hydrogen) atoms. The summed E-state index contributed by atoms with van der Waals surface area (Å²) < 4.78 is 2.27. The number of hydrogen-bond donors (Lipinski definition) is 0. The van der Waals surface area contributed by atoms with Crippen LogP contribution in [-0.2, 0) is 5.41 Å². The van der Waals surface area contributed by atoms with Gasteiger partial charge in [0.15, 0.2) is 0 Å². The summed E-state index contributed by atoms with van der Waals surface area (Å²) in [6.07, 6.45) is 0. The van der Waals surface area contributed by atoms with Gasteiger partial charge in [0.1, 0.15) is 0 Å². The molecule has 0 N–H and O–H groups in total. The summed E-state index contributed by atoms with van der Waals surface area (Å²) in [5.41, 5.74) is 10.8. The van der Waals surface area contributed by atoms with Crippen LogP contribution in [0.5, 0.6) is 0 Å². The Kier molecular flexibility index (Phi) is 4.06. The number of nitrogens with zero attached hydrogens (tertiary/aromatic N) is 3. The Hall–Kier alpha value is -4.41. The molecule has 184 valence electrons. The van der Waals surface area contributed by atoms with Gasteiger partial charge < -0.3 is 0 Å². The molecule has 0 atom stereocenters. The summed E-state index contributed by atoms with van der Waals surface area (Å²) in [6.45, 7) is 4.68. The smallest absolute Gasteiger partial charge is 0.235 e. The fourth-order valence-corrected chi connectivity index (χ4v) is 7.88. The van der Waals surface area contributed by atoms with E-state index in [4.69, 9.17) is 9.97 Å². The monoisotopic (exact) mass is 517 g/mol. The normalized spacial score (nSPS) is 14.5. The minimum Gasteiger partial charge on any atom is -0.278 e. The third-order valence-electron chi connectivity index (χ3n) is 8.61. The van der Waals surface area contributed by atoms with Crippen LogP contribution in [0.4, 0.5) is 0 Å². The Labute approximate surface area is 230 Å². The van der Waals surface area contributed by atoms with Crippen molar-refractivity contribution in [2.24, 2.45) is 0 Å². The predicted molar refractivity (Wildman–Crippen MR) is 161 cm³/mol. The lowest BCUT2D eigenvalue weighted by Gasteiger charge is -2.21. The molecule has 0 saturated carbocycles. The molecule has 0 spiro atoms. The van der Waals surface area contributed by atoms with Crippen LogP contribution >= 0.6 is 11.8 Å². The average molecular weight is 518 g/mol. The highest BCUT2D eigenvalue weighted by atomic mass is 32.2. The molecule has 3 nitrogen and oxygen atoms in total. The maximum atomic E-state index is 5.32. The van der Waals surface area contributed by atoms with Gasteiger partial charge in [0.05, 0.1) is 22.2 Å². The fraction of sp³-hybridized carbons (Fsp3) is 0.0857. The Morgan fingerprint density at radius 3 is 2.31 bits per heavy atom. The third-order valence-corrected chi connectivity index (χ3v) is 9.75. The number of hydrogen-bond acceptors (Lipinski definition) is 3. The topological polar surface area (TPSA) is 30.7 Å². The molecule has 0 radical (unpaired) electrons. The van der Waals surface area contributed by atoms with Crippen molar-refractivity contribution in [3.05, 3.63) is 114 Å². The van der Waals surface area contributed by atoms with Crippen molar-refractivity contribution in [2.45, 2.75) is 29.1 Å². The highest BCUT2D eigenvalue weighted by Gasteiger charge is 2.36. The van der Waals surface area contributed by atoms with E-state index >= 15 is 0 Å². The van der Waals surface area contributed by atoms with Gasteiger partial charge in [-0.2, -0.15) is 0 Å². The van der Waals surface area contributed by atoms with Crippen molar-refractivity contribution >= 4 is 44.5 Å². The molecule has 4 heteroatoms. The lowest BCUT2D eigenvalue weighted by Crippen LogP contribution is -2.14. The van der Waals surface area contributed by atoms with Gasteiger partial charge in [-0.05, 0) is 58.7 Å². The molecule has 0 bridgehead atoms. The fourth-order valence-electron chi connectivity index (χ4n) is 6.77. The van der Waals surface area contributed by atoms with Crippen molar-refractivity contribution in [3.63, 3.8) is 0 Å². The van der Waals surface area contributed by atoms with E-state index in [1.165, 1.54) is 48.4 Å². The summed E-state index contributed by atoms with van der Waals surface area (Å²) >= 11 is 1.80. The van der Waals surface area contributed by atoms with E-state index < -0.39 is 0 Å². The summed E-state index contributed by atoms with van der Waals surface area (Å²) in [4.78, 5) is 13.0. The summed E-state index contributed by atoms with van der Waals surface area (Å²) in [5.74, 6) is 0.716. The molecule has 0 unspecified atom stereocenters. The van der Waals surface area contributed by atoms with Crippen LogP contribution in [-0.4, -0.2) is 14.5 Å². The van der Waals surface area contributed by atoms with Crippen LogP contribution in [0.25, 0.3) is 61.0 Å². The molecule has 0 saturated heterocycles. The van der Waals surface area contributed by atoms with Gasteiger partial charge in [-0.1, -0.05) is 92.3 Å². The van der Waals surface area contributed by atoms with Crippen LogP contribution in [0.1, 0.15) is 25.0 Å². The van der Waals surface area contributed by atoms with E-state index in [9.17, 15) is 0 Å². The van der Waals surface area contributed by atoms with Gasteiger partial charge >= 0.3 is 0 Å². The molecule has 2 aromatic heterocycles. The highest BCUT2D eigenvalue weighted by molar-refractivity contribution is 7.99. The van der Waals surface area contributed by atoms with Crippen LogP contribution in [0.15, 0.2) is 113 Å². The van der Waals surface area contributed by atoms with Crippen LogP contribution in [0.3, 0.4) is 0 Å². The minimum absolute atomic E-state index is 0.0509. The Balaban J connectivity index is 1.41. The molecule has 0 fully saturated rings. The molecule has 2 aliphatic rings. The summed E-state index contributed by atoms with van der Waals surface area (Å²) in [6, 6.07) is 37.3. The van der Waals surface area contributed by atoms with E-state index in [-0.39, 0.29) is 5.41 Å². The Morgan fingerprint density at radius 1 is 0.615 bits per heavy atom. The zero-order valence-corrected chi connectivity index (χ0v) is 22.4. The number of aromatic nitrogens is 3. The zero-order chi connectivity index (χ0) is 25.9. The van der Waals surface area contributed by atoms with Gasteiger partial charge in [0.2, 0.25) is 5.95 Å². The highest BCUT2D eigenvalue weighted by Crippen LogP contribution is 2.51. The van der Waals surface area contributed by atoms with E-state index in [0.29, 0.717) is 5.95 Å². The second kappa shape index (κ2) is 7.37. The van der Waals surface area contributed by atoms with Crippen molar-refractivity contribution < 1.29 is 0 Å². The lowest BCUT2D eigenvalue weighted by atomic mass is 9.82. The molecule has 3 heterocycles. The summed E-state index contributed by atoms with van der Waals surface area (Å²) in [7, 11) is 0. The first-order chi connectivity index (χ1) is 19.1. The van der Waals surface area contributed by atoms with Crippen molar-refractivity contribution in [1.82, 2.24) is 14.5 Å². The van der Waals surface area contributed by atoms with Gasteiger partial charge in [-0.3, -0.25) is 4.57 Å². The van der Waals surface area contributed by atoms with Gasteiger partial charge in [0, 0.05) is 36.9 Å². The second-order valence-electron chi connectivity index (χ2n) is 11.1. The van der Waals surface area contributed by atoms with Crippen molar-refractivity contribution in [1.29, 1.82) is 0 Å². The van der Waals surface area contributed by atoms with Gasteiger partial charge in [-0.25, -0.2) is 9.97 Å². The SMILES string of the molecule is CC1(C)c2ccccc2-c2cc3c(cc21)c1ccccc1n3-c1nc2c3c(cccc3n1)Sc1ccccc1-2. The number of para-hydroxylation sites is 1. The minimum atomic E-state index is -0.0509. The van der Waals surface area contributed by atoms with E-state index in [2.05, 4.69) is 122 Å². The standard InChI is InChI=1S/C35H23N3S/c1-35(2)25-13-6-3-10-20(25)23-19-29-24(18-26(23)35)21-11-4-7-15-28(21)38(29)34-36-27-14-9-17-31-32(27)33(37-34)22-12-5-8-16-30(22)39-31/h3-19H,1-2H3. The second-order valence-corrected chi connectivity index (χ2v) is 12.1. The molecule has 0 amide bonds. The van der Waals surface area contributed by atoms with Gasteiger partial charge in [0.25, 0.3) is 0 Å². The molecule has 1 aliphatic heterocycles. The molecule has 5 aromatic carbocycles. The van der Waals surface area contributed by atoms with Crippen molar-refractivity contribution in [2.75, 3.05) is 0 Å². The van der Waals surface area contributed by atoms with Crippen LogP contribution < -0.4 is 0 Å². The molecular weight excluding hydrogens is 494 g/mol. The number of benzene rings is 5. The molecular formula is C35H23N3S. The lowest BCUT2D eigenvalue weighted by molar-refractivity contribution is 0.661. The van der Waals surface area contributed by atoms with Crippen LogP contribution in [0.2, 0.25) is 0 Å². The maximum absolute atomic E-state index is 5.32. The first-order valence-electron chi connectivity index (χ1n) is 13.4. The van der Waals surface area contributed by atoms with Gasteiger partial charge in [-0.15, -0.1) is 0 Å². The van der Waals surface area contributed by atoms with E-state index in [1.807, 2.05) is 0 Å². The summed E-state index contributed by atoms with van der Waals surface area (Å²) in [5, 5.41) is 3.61. The first kappa shape index (κ1) is 21.5. The van der Waals surface area contributed by atoms with E-state index in [1.54, 1.807) is 11.8 Å². The molecule has 1 aliphatic carbocycles. The number of rotatable bonds is 1. The van der Waals surface area contributed by atoms with Crippen LogP contribution in [0, 0.1) is 0 Å². The van der Waals surface area contributed by atoms with E-state index in [0.717, 1.165) is 27.6 Å². The Morgan fingerprint density at radius 2 is 1.38 bits per heavy atom. The molecule has 7 aromatic rings. The van der Waals surface area contributed by atoms with Crippen molar-refractivity contribution in [3.8, 4) is 28.3 Å². The first-order valence-corrected chi connectivity index (χ1v) is 14.2.